The summed E-state index contributed by atoms with van der Waals surface area (Å²) in [5, 5.41) is 9.51. The normalized spacial score (nSPS) is 9.33. The standard InChI is InChI=1S/C13H14O2/c1-4-10(2)15-11(3)9-12-7-5-6-8-13(12)14/h4-8,14H,1-3,9H2. The molecule has 0 atom stereocenters. The van der Waals surface area contributed by atoms with Crippen LogP contribution in [0.15, 0.2) is 61.6 Å². The van der Waals surface area contributed by atoms with Crippen molar-refractivity contribution in [3.63, 3.8) is 0 Å². The first-order valence-electron chi connectivity index (χ1n) is 4.57. The Morgan fingerprint density at radius 2 is 2.00 bits per heavy atom. The van der Waals surface area contributed by atoms with Crippen molar-refractivity contribution in [2.75, 3.05) is 0 Å². The van der Waals surface area contributed by atoms with Crippen LogP contribution in [0.4, 0.5) is 0 Å². The van der Waals surface area contributed by atoms with E-state index in [0.29, 0.717) is 17.9 Å². The fourth-order valence-electron chi connectivity index (χ4n) is 1.14. The van der Waals surface area contributed by atoms with Gasteiger partial charge < -0.3 is 9.84 Å². The smallest absolute Gasteiger partial charge is 0.119 e. The summed E-state index contributed by atoms with van der Waals surface area (Å²) in [6, 6.07) is 7.07. The zero-order valence-electron chi connectivity index (χ0n) is 8.57. The summed E-state index contributed by atoms with van der Waals surface area (Å²) >= 11 is 0. The van der Waals surface area contributed by atoms with Crippen LogP contribution in [0.25, 0.3) is 0 Å². The largest absolute Gasteiger partial charge is 0.508 e. The molecule has 0 heterocycles. The molecule has 0 aliphatic carbocycles. The van der Waals surface area contributed by atoms with Crippen molar-refractivity contribution < 1.29 is 9.84 Å². The molecule has 0 saturated heterocycles. The first-order chi connectivity index (χ1) is 7.13. The molecule has 1 aromatic carbocycles. The van der Waals surface area contributed by atoms with Gasteiger partial charge in [-0.3, -0.25) is 0 Å². The molecule has 0 amide bonds. The summed E-state index contributed by atoms with van der Waals surface area (Å²) in [6.45, 7) is 10.9. The number of ether oxygens (including phenoxy) is 1. The zero-order valence-corrected chi connectivity index (χ0v) is 8.57. The van der Waals surface area contributed by atoms with Crippen LogP contribution in [0.5, 0.6) is 5.75 Å². The van der Waals surface area contributed by atoms with Crippen LogP contribution < -0.4 is 0 Å². The Labute approximate surface area is 89.8 Å². The van der Waals surface area contributed by atoms with Gasteiger partial charge in [-0.15, -0.1) is 0 Å². The van der Waals surface area contributed by atoms with Crippen molar-refractivity contribution in [2.45, 2.75) is 6.42 Å². The highest BCUT2D eigenvalue weighted by atomic mass is 16.5. The highest BCUT2D eigenvalue weighted by Crippen LogP contribution is 2.20. The number of phenols is 1. The minimum Gasteiger partial charge on any atom is -0.508 e. The van der Waals surface area contributed by atoms with E-state index in [1.165, 1.54) is 6.08 Å². The minimum atomic E-state index is 0.242. The van der Waals surface area contributed by atoms with Crippen molar-refractivity contribution in [1.82, 2.24) is 0 Å². The number of hydrogen-bond acceptors (Lipinski definition) is 2. The molecule has 15 heavy (non-hydrogen) atoms. The minimum absolute atomic E-state index is 0.242. The summed E-state index contributed by atoms with van der Waals surface area (Å²) in [5.41, 5.74) is 0.777. The molecule has 1 rings (SSSR count). The monoisotopic (exact) mass is 202 g/mol. The van der Waals surface area contributed by atoms with Crippen molar-refractivity contribution >= 4 is 0 Å². The topological polar surface area (TPSA) is 29.5 Å². The lowest BCUT2D eigenvalue weighted by Crippen LogP contribution is -1.94. The quantitative estimate of drug-likeness (QED) is 0.587. The predicted octanol–water partition coefficient (Wildman–Crippen LogP) is 3.16. The lowest BCUT2D eigenvalue weighted by molar-refractivity contribution is 0.314. The number of rotatable bonds is 5. The lowest BCUT2D eigenvalue weighted by Gasteiger charge is -2.09. The van der Waals surface area contributed by atoms with E-state index in [1.807, 2.05) is 12.1 Å². The average molecular weight is 202 g/mol. The summed E-state index contributed by atoms with van der Waals surface area (Å²) in [5.74, 6) is 1.23. The fourth-order valence-corrected chi connectivity index (χ4v) is 1.14. The van der Waals surface area contributed by atoms with E-state index in [0.717, 1.165) is 5.56 Å². The summed E-state index contributed by atoms with van der Waals surface area (Å²) in [7, 11) is 0. The molecule has 0 saturated carbocycles. The van der Waals surface area contributed by atoms with E-state index >= 15 is 0 Å². The molecule has 0 bridgehead atoms. The van der Waals surface area contributed by atoms with Crippen molar-refractivity contribution in [3.05, 3.63) is 67.2 Å². The molecule has 0 unspecified atom stereocenters. The van der Waals surface area contributed by atoms with Crippen LogP contribution in [0.2, 0.25) is 0 Å². The Kier molecular flexibility index (Phi) is 3.75. The number of para-hydroxylation sites is 1. The SMILES string of the molecule is C=CC(=C)OC(=C)Cc1ccccc1O. The summed E-state index contributed by atoms with van der Waals surface area (Å²) in [6.07, 6.45) is 1.97. The third-order valence-electron chi connectivity index (χ3n) is 1.88. The van der Waals surface area contributed by atoms with E-state index in [-0.39, 0.29) is 5.75 Å². The molecule has 0 aliphatic heterocycles. The van der Waals surface area contributed by atoms with Gasteiger partial charge in [-0.25, -0.2) is 0 Å². The molecule has 2 nitrogen and oxygen atoms in total. The second kappa shape index (κ2) is 5.05. The molecule has 0 aromatic heterocycles. The maximum absolute atomic E-state index is 9.51. The molecule has 2 heteroatoms. The van der Waals surface area contributed by atoms with E-state index in [1.54, 1.807) is 12.1 Å². The Hall–Kier alpha value is -1.96. The van der Waals surface area contributed by atoms with Gasteiger partial charge >= 0.3 is 0 Å². The summed E-state index contributed by atoms with van der Waals surface area (Å²) < 4.78 is 5.24. The maximum Gasteiger partial charge on any atom is 0.119 e. The van der Waals surface area contributed by atoms with Crippen LogP contribution in [0.3, 0.4) is 0 Å². The number of aromatic hydroxyl groups is 1. The molecular formula is C13H14O2. The van der Waals surface area contributed by atoms with Gasteiger partial charge in [0.2, 0.25) is 0 Å². The van der Waals surface area contributed by atoms with Gasteiger partial charge in [0.15, 0.2) is 0 Å². The van der Waals surface area contributed by atoms with E-state index < -0.39 is 0 Å². The van der Waals surface area contributed by atoms with Crippen LogP contribution in [0.1, 0.15) is 5.56 Å². The third-order valence-corrected chi connectivity index (χ3v) is 1.88. The second-order valence-electron chi connectivity index (χ2n) is 3.12. The number of allylic oxidation sites excluding steroid dienone is 2. The van der Waals surface area contributed by atoms with Gasteiger partial charge in [-0.1, -0.05) is 37.9 Å². The van der Waals surface area contributed by atoms with Crippen molar-refractivity contribution in [1.29, 1.82) is 0 Å². The molecule has 78 valence electrons. The van der Waals surface area contributed by atoms with E-state index in [4.69, 9.17) is 4.74 Å². The van der Waals surface area contributed by atoms with Crippen LogP contribution in [0, 0.1) is 0 Å². The van der Waals surface area contributed by atoms with Crippen molar-refractivity contribution in [2.24, 2.45) is 0 Å². The molecule has 0 aliphatic rings. The molecule has 0 spiro atoms. The number of hydrogen-bond donors (Lipinski definition) is 1. The van der Waals surface area contributed by atoms with Gasteiger partial charge in [0, 0.05) is 12.0 Å². The van der Waals surface area contributed by atoms with Gasteiger partial charge in [0.05, 0.1) is 0 Å². The Morgan fingerprint density at radius 3 is 2.60 bits per heavy atom. The third kappa shape index (κ3) is 3.35. The van der Waals surface area contributed by atoms with E-state index in [9.17, 15) is 5.11 Å². The molecule has 0 fully saturated rings. The highest BCUT2D eigenvalue weighted by Gasteiger charge is 2.03. The first-order valence-corrected chi connectivity index (χ1v) is 4.57. The maximum atomic E-state index is 9.51. The Morgan fingerprint density at radius 1 is 1.33 bits per heavy atom. The predicted molar refractivity (Wildman–Crippen MR) is 61.4 cm³/mol. The van der Waals surface area contributed by atoms with Crippen LogP contribution >= 0.6 is 0 Å². The van der Waals surface area contributed by atoms with Crippen molar-refractivity contribution in [3.8, 4) is 5.75 Å². The average Bonchev–Trinajstić information content (AvgIpc) is 2.21. The Balaban J connectivity index is 2.63. The molecule has 1 N–H and O–H groups in total. The van der Waals surface area contributed by atoms with Crippen LogP contribution in [-0.4, -0.2) is 5.11 Å². The first kappa shape index (κ1) is 11.1. The van der Waals surface area contributed by atoms with Gasteiger partial charge in [-0.05, 0) is 12.1 Å². The summed E-state index contributed by atoms with van der Waals surface area (Å²) in [4.78, 5) is 0. The van der Waals surface area contributed by atoms with E-state index in [2.05, 4.69) is 19.7 Å². The molecule has 1 aromatic rings. The Bertz CT molecular complexity index is 391. The van der Waals surface area contributed by atoms with Gasteiger partial charge in [-0.2, -0.15) is 0 Å². The number of benzene rings is 1. The molecule has 0 radical (unpaired) electrons. The highest BCUT2D eigenvalue weighted by molar-refractivity contribution is 5.34. The van der Waals surface area contributed by atoms with Crippen LogP contribution in [-0.2, 0) is 11.2 Å². The van der Waals surface area contributed by atoms with Gasteiger partial charge in [0.25, 0.3) is 0 Å². The fraction of sp³-hybridized carbons (Fsp3) is 0.0769. The zero-order chi connectivity index (χ0) is 11.3. The lowest BCUT2D eigenvalue weighted by atomic mass is 10.1. The van der Waals surface area contributed by atoms with Gasteiger partial charge in [0.1, 0.15) is 17.3 Å². The molecular weight excluding hydrogens is 188 g/mol. The number of phenolic OH excluding ortho intramolecular Hbond substituents is 1. The second-order valence-corrected chi connectivity index (χ2v) is 3.12.